The maximum atomic E-state index is 5.76. The molecule has 0 atom stereocenters. The molecule has 2 rings (SSSR count). The standard InChI is InChI=1S/C11H10OSi/c1-3-7-11(8-4-1)12-13-9-5-2-6-10-13/h1-10H. The Balaban J connectivity index is 2.16. The van der Waals surface area contributed by atoms with E-state index in [1.807, 2.05) is 48.5 Å². The van der Waals surface area contributed by atoms with Gasteiger partial charge in [0, 0.05) is 0 Å². The van der Waals surface area contributed by atoms with Gasteiger partial charge in [0.05, 0.1) is 0 Å². The molecule has 2 aromatic rings. The summed E-state index contributed by atoms with van der Waals surface area (Å²) in [7, 11) is -0.893. The zero-order valence-electron chi connectivity index (χ0n) is 7.18. The monoisotopic (exact) mass is 186 g/mol. The van der Waals surface area contributed by atoms with E-state index in [0.717, 1.165) is 5.75 Å². The van der Waals surface area contributed by atoms with E-state index in [-0.39, 0.29) is 0 Å². The lowest BCUT2D eigenvalue weighted by Gasteiger charge is -2.03. The van der Waals surface area contributed by atoms with Gasteiger partial charge in [-0.2, -0.15) is 0 Å². The minimum absolute atomic E-state index is 0.893. The van der Waals surface area contributed by atoms with Gasteiger partial charge in [-0.3, -0.25) is 0 Å². The topological polar surface area (TPSA) is 9.23 Å². The lowest BCUT2D eigenvalue weighted by atomic mass is 10.3. The molecular formula is C11H10OSi. The first kappa shape index (κ1) is 8.20. The van der Waals surface area contributed by atoms with Gasteiger partial charge >= 0.3 is 0 Å². The first-order valence-electron chi connectivity index (χ1n) is 4.23. The Kier molecular flexibility index (Phi) is 2.53. The molecule has 2 heteroatoms. The van der Waals surface area contributed by atoms with Crippen molar-refractivity contribution in [2.75, 3.05) is 0 Å². The molecule has 1 nitrogen and oxygen atoms in total. The molecule has 0 amide bonds. The Morgan fingerprint density at radius 3 is 2.08 bits per heavy atom. The summed E-state index contributed by atoms with van der Waals surface area (Å²) in [6.07, 6.45) is 0. The smallest absolute Gasteiger partial charge is 0.268 e. The molecule has 0 bridgehead atoms. The van der Waals surface area contributed by atoms with Crippen LogP contribution in [0.5, 0.6) is 5.75 Å². The second kappa shape index (κ2) is 4.01. The van der Waals surface area contributed by atoms with Crippen LogP contribution in [0, 0.1) is 0 Å². The third-order valence-corrected chi connectivity index (χ3v) is 3.24. The predicted molar refractivity (Wildman–Crippen MR) is 54.9 cm³/mol. The van der Waals surface area contributed by atoms with Gasteiger partial charge in [-0.1, -0.05) is 36.4 Å². The Morgan fingerprint density at radius 1 is 0.769 bits per heavy atom. The number of rotatable bonds is 2. The van der Waals surface area contributed by atoms with Gasteiger partial charge in [-0.05, 0) is 23.5 Å². The predicted octanol–water partition coefficient (Wildman–Crippen LogP) is 2.55. The van der Waals surface area contributed by atoms with Crippen molar-refractivity contribution in [3.8, 4) is 5.75 Å². The summed E-state index contributed by atoms with van der Waals surface area (Å²) in [5.41, 5.74) is 4.25. The fourth-order valence-electron chi connectivity index (χ4n) is 1.11. The summed E-state index contributed by atoms with van der Waals surface area (Å²) in [5, 5.41) is 0. The van der Waals surface area contributed by atoms with E-state index in [0.29, 0.717) is 0 Å². The molecule has 0 unspecified atom stereocenters. The van der Waals surface area contributed by atoms with Crippen molar-refractivity contribution in [1.29, 1.82) is 0 Å². The van der Waals surface area contributed by atoms with Crippen LogP contribution in [-0.2, 0) is 0 Å². The van der Waals surface area contributed by atoms with E-state index in [1.54, 1.807) is 0 Å². The number of hydrogen-bond acceptors (Lipinski definition) is 1. The Labute approximate surface area is 79.3 Å². The van der Waals surface area contributed by atoms with Crippen LogP contribution in [0.3, 0.4) is 0 Å². The Hall–Kier alpha value is -1.41. The lowest BCUT2D eigenvalue weighted by molar-refractivity contribution is 0.597. The van der Waals surface area contributed by atoms with Crippen molar-refractivity contribution >= 4 is 8.64 Å². The zero-order valence-corrected chi connectivity index (χ0v) is 8.18. The van der Waals surface area contributed by atoms with Gasteiger partial charge in [0.1, 0.15) is 5.75 Å². The number of benzene rings is 1. The molecule has 0 fully saturated rings. The third kappa shape index (κ3) is 2.26. The average Bonchev–Trinajstić information content (AvgIpc) is 2.21. The highest BCUT2D eigenvalue weighted by molar-refractivity contribution is 6.44. The van der Waals surface area contributed by atoms with Gasteiger partial charge in [-0.25, -0.2) is 0 Å². The van der Waals surface area contributed by atoms with Gasteiger partial charge < -0.3 is 4.43 Å². The maximum absolute atomic E-state index is 5.76. The Morgan fingerprint density at radius 2 is 1.38 bits per heavy atom. The van der Waals surface area contributed by atoms with E-state index >= 15 is 0 Å². The van der Waals surface area contributed by atoms with E-state index in [1.165, 1.54) is 0 Å². The summed E-state index contributed by atoms with van der Waals surface area (Å²) in [4.78, 5) is 0. The molecule has 0 spiro atoms. The highest BCUT2D eigenvalue weighted by atomic mass is 28.3. The molecule has 0 radical (unpaired) electrons. The summed E-state index contributed by atoms with van der Waals surface area (Å²) >= 11 is 0. The molecule has 1 heterocycles. The Bertz CT molecular complexity index is 321. The van der Waals surface area contributed by atoms with Crippen LogP contribution >= 0.6 is 0 Å². The maximum Gasteiger partial charge on any atom is 0.268 e. The minimum Gasteiger partial charge on any atom is -0.513 e. The molecule has 1 aromatic carbocycles. The van der Waals surface area contributed by atoms with Crippen molar-refractivity contribution in [1.82, 2.24) is 0 Å². The molecule has 0 aliphatic rings. The first-order valence-corrected chi connectivity index (χ1v) is 5.79. The number of para-hydroxylation sites is 1. The van der Waals surface area contributed by atoms with Crippen LogP contribution < -0.4 is 4.43 Å². The van der Waals surface area contributed by atoms with Crippen molar-refractivity contribution in [2.24, 2.45) is 0 Å². The minimum atomic E-state index is -0.893. The molecule has 1 aromatic heterocycles. The first-order chi connectivity index (χ1) is 6.45. The molecular weight excluding hydrogens is 176 g/mol. The van der Waals surface area contributed by atoms with Crippen molar-refractivity contribution < 1.29 is 4.43 Å². The normalized spacial score (nSPS) is 9.54. The van der Waals surface area contributed by atoms with Gasteiger partial charge in [0.25, 0.3) is 8.64 Å². The highest BCUT2D eigenvalue weighted by Crippen LogP contribution is 2.08. The van der Waals surface area contributed by atoms with E-state index in [4.69, 9.17) is 4.43 Å². The summed E-state index contributed by atoms with van der Waals surface area (Å²) < 4.78 is 5.76. The molecule has 13 heavy (non-hydrogen) atoms. The third-order valence-electron chi connectivity index (χ3n) is 1.72. The fraction of sp³-hybridized carbons (Fsp3) is 0. The van der Waals surface area contributed by atoms with Crippen LogP contribution in [-0.4, -0.2) is 8.64 Å². The van der Waals surface area contributed by atoms with Crippen LogP contribution in [0.1, 0.15) is 0 Å². The van der Waals surface area contributed by atoms with Crippen LogP contribution in [0.2, 0.25) is 0 Å². The van der Waals surface area contributed by atoms with E-state index in [2.05, 4.69) is 11.4 Å². The molecule has 0 aliphatic carbocycles. The second-order valence-corrected chi connectivity index (χ2v) is 4.40. The van der Waals surface area contributed by atoms with E-state index < -0.39 is 8.64 Å². The molecule has 0 N–H and O–H groups in total. The van der Waals surface area contributed by atoms with Crippen molar-refractivity contribution in [2.45, 2.75) is 0 Å². The molecule has 0 saturated carbocycles. The second-order valence-electron chi connectivity index (χ2n) is 2.73. The highest BCUT2D eigenvalue weighted by Gasteiger charge is 1.94. The van der Waals surface area contributed by atoms with Gasteiger partial charge in [-0.15, -0.1) is 0 Å². The van der Waals surface area contributed by atoms with Crippen molar-refractivity contribution in [3.63, 3.8) is 0 Å². The molecule has 64 valence electrons. The van der Waals surface area contributed by atoms with E-state index in [9.17, 15) is 0 Å². The van der Waals surface area contributed by atoms with Gasteiger partial charge in [0.15, 0.2) is 0 Å². The van der Waals surface area contributed by atoms with Crippen LogP contribution in [0.15, 0.2) is 59.9 Å². The van der Waals surface area contributed by atoms with Crippen LogP contribution in [0.25, 0.3) is 0 Å². The fourth-order valence-corrected chi connectivity index (χ4v) is 2.37. The van der Waals surface area contributed by atoms with Crippen molar-refractivity contribution in [3.05, 3.63) is 59.9 Å². The zero-order chi connectivity index (χ0) is 8.93. The van der Waals surface area contributed by atoms with Gasteiger partial charge in [0.2, 0.25) is 0 Å². The summed E-state index contributed by atoms with van der Waals surface area (Å²) in [5.74, 6) is 0.951. The largest absolute Gasteiger partial charge is 0.513 e. The summed E-state index contributed by atoms with van der Waals surface area (Å²) in [6.45, 7) is 0. The summed E-state index contributed by atoms with van der Waals surface area (Å²) in [6, 6.07) is 16.0. The molecule has 0 saturated heterocycles. The average molecular weight is 186 g/mol. The quantitative estimate of drug-likeness (QED) is 0.655. The molecule has 0 aliphatic heterocycles. The SMILES string of the molecule is c1ccc(O[si]2ccccc2)cc1. The van der Waals surface area contributed by atoms with Crippen LogP contribution in [0.4, 0.5) is 0 Å². The number of hydrogen-bond donors (Lipinski definition) is 0. The lowest BCUT2D eigenvalue weighted by Crippen LogP contribution is -2.05.